The molecule has 1 atom stereocenters. The molecule has 2 aromatic heterocycles. The molecule has 4 aromatic rings. The topological polar surface area (TPSA) is 120 Å². The molecule has 1 aliphatic rings. The quantitative estimate of drug-likeness (QED) is 0.220. The van der Waals surface area contributed by atoms with Gasteiger partial charge in [0.1, 0.15) is 23.3 Å². The van der Waals surface area contributed by atoms with E-state index in [2.05, 4.69) is 0 Å². The van der Waals surface area contributed by atoms with Crippen molar-refractivity contribution in [3.8, 4) is 17.1 Å². The van der Waals surface area contributed by atoms with E-state index in [-0.39, 0.29) is 17.2 Å². The molecule has 0 unspecified atom stereocenters. The van der Waals surface area contributed by atoms with Crippen LogP contribution in [0.2, 0.25) is 0 Å². The minimum Gasteiger partial charge on any atom is -0.496 e. The first-order valence-corrected chi connectivity index (χ1v) is 14.3. The van der Waals surface area contributed by atoms with Crippen LogP contribution in [0.3, 0.4) is 0 Å². The number of likely N-dealkylation sites (N-methyl/N-ethyl adjacent to an activating group) is 1. The molecule has 10 nitrogen and oxygen atoms in total. The van der Waals surface area contributed by atoms with Crippen molar-refractivity contribution in [2.75, 3.05) is 20.2 Å². The lowest BCUT2D eigenvalue weighted by Crippen LogP contribution is -2.43. The fourth-order valence-corrected chi connectivity index (χ4v) is 6.23. The maximum atomic E-state index is 14.0. The maximum absolute atomic E-state index is 14.0. The van der Waals surface area contributed by atoms with Gasteiger partial charge in [-0.05, 0) is 57.5 Å². The molecule has 42 heavy (non-hydrogen) atoms. The largest absolute Gasteiger partial charge is 0.496 e. The Morgan fingerprint density at radius 2 is 1.90 bits per heavy atom. The number of rotatable bonds is 8. The van der Waals surface area contributed by atoms with E-state index >= 15 is 0 Å². The number of non-ortho nitro benzene ring substituents is 1. The Hall–Kier alpha value is -4.77. The predicted molar refractivity (Wildman–Crippen MR) is 160 cm³/mol. The van der Waals surface area contributed by atoms with Crippen molar-refractivity contribution in [2.24, 2.45) is 4.99 Å². The van der Waals surface area contributed by atoms with Crippen LogP contribution < -0.4 is 19.6 Å². The van der Waals surface area contributed by atoms with Crippen molar-refractivity contribution in [3.05, 3.63) is 113 Å². The molecule has 11 heteroatoms. The zero-order valence-corrected chi connectivity index (χ0v) is 24.7. The molecule has 0 radical (unpaired) electrons. The van der Waals surface area contributed by atoms with Gasteiger partial charge in [0, 0.05) is 42.4 Å². The third-order valence-electron chi connectivity index (χ3n) is 7.32. The number of hydrogen-bond acceptors (Lipinski definition) is 8. The monoisotopic (exact) mass is 586 g/mol. The second-order valence-corrected chi connectivity index (χ2v) is 10.8. The maximum Gasteiger partial charge on any atom is 0.271 e. The Morgan fingerprint density at radius 3 is 2.57 bits per heavy atom. The number of nitro groups is 1. The number of carbonyl (C=O) groups excluding carboxylic acids is 1. The number of benzene rings is 2. The number of furan rings is 1. The van der Waals surface area contributed by atoms with E-state index in [9.17, 15) is 19.7 Å². The highest BCUT2D eigenvalue weighted by atomic mass is 32.1. The van der Waals surface area contributed by atoms with E-state index in [1.165, 1.54) is 23.5 Å². The third-order valence-corrected chi connectivity index (χ3v) is 8.31. The van der Waals surface area contributed by atoms with Crippen LogP contribution >= 0.6 is 11.3 Å². The fraction of sp³-hybridized carbons (Fsp3) is 0.258. The van der Waals surface area contributed by atoms with Gasteiger partial charge in [0.15, 0.2) is 4.80 Å². The van der Waals surface area contributed by atoms with E-state index in [1.807, 2.05) is 38.1 Å². The first-order valence-electron chi connectivity index (χ1n) is 13.5. The van der Waals surface area contributed by atoms with Gasteiger partial charge in [-0.3, -0.25) is 24.3 Å². The van der Waals surface area contributed by atoms with Crippen LogP contribution in [-0.2, 0) is 4.79 Å². The van der Waals surface area contributed by atoms with Crippen molar-refractivity contribution < 1.29 is 18.9 Å². The standard InChI is InChI=1S/C31H30N4O6S/c1-6-33(7-2)30(37)27-19(4)32-31-34(28(27)23-10-8-9-11-24(23)40-5)29(36)26(42-31)17-21-13-15-25(41-21)22-14-12-20(35(38)39)16-18(22)3/h8-17,28H,6-7H2,1-5H3/b26-17+/t28-/m0/s1. The molecule has 3 heterocycles. The van der Waals surface area contributed by atoms with Gasteiger partial charge in [-0.1, -0.05) is 29.5 Å². The molecule has 0 saturated carbocycles. The summed E-state index contributed by atoms with van der Waals surface area (Å²) >= 11 is 1.21. The second-order valence-electron chi connectivity index (χ2n) is 9.76. The number of aromatic nitrogens is 1. The number of fused-ring (bicyclic) bond motifs is 1. The molecule has 0 spiro atoms. The minimum atomic E-state index is -0.734. The van der Waals surface area contributed by atoms with Gasteiger partial charge in [-0.25, -0.2) is 4.99 Å². The van der Waals surface area contributed by atoms with Crippen LogP contribution in [0.4, 0.5) is 5.69 Å². The lowest BCUT2D eigenvalue weighted by atomic mass is 9.94. The lowest BCUT2D eigenvalue weighted by Gasteiger charge is -2.29. The summed E-state index contributed by atoms with van der Waals surface area (Å²) in [7, 11) is 1.56. The summed E-state index contributed by atoms with van der Waals surface area (Å²) in [4.78, 5) is 45.4. The Balaban J connectivity index is 1.64. The molecule has 2 aromatic carbocycles. The highest BCUT2D eigenvalue weighted by Crippen LogP contribution is 2.36. The Kier molecular flexibility index (Phi) is 7.95. The summed E-state index contributed by atoms with van der Waals surface area (Å²) in [5.74, 6) is 1.35. The van der Waals surface area contributed by atoms with E-state index in [1.54, 1.807) is 54.7 Å². The number of thiazole rings is 1. The van der Waals surface area contributed by atoms with Gasteiger partial charge in [0.25, 0.3) is 17.2 Å². The van der Waals surface area contributed by atoms with Crippen molar-refractivity contribution in [2.45, 2.75) is 33.7 Å². The van der Waals surface area contributed by atoms with Gasteiger partial charge in [0.05, 0.1) is 27.8 Å². The highest BCUT2D eigenvalue weighted by molar-refractivity contribution is 7.07. The van der Waals surface area contributed by atoms with Crippen LogP contribution in [0.15, 0.2) is 80.1 Å². The van der Waals surface area contributed by atoms with Gasteiger partial charge in [-0.2, -0.15) is 0 Å². The Bertz CT molecular complexity index is 1910. The first kappa shape index (κ1) is 28.7. The molecule has 0 aliphatic carbocycles. The molecule has 0 fully saturated rings. The van der Waals surface area contributed by atoms with E-state index in [4.69, 9.17) is 14.1 Å². The van der Waals surface area contributed by atoms with Crippen molar-refractivity contribution in [1.29, 1.82) is 0 Å². The van der Waals surface area contributed by atoms with Crippen LogP contribution in [0.1, 0.15) is 43.7 Å². The number of nitro benzene ring substituents is 1. The van der Waals surface area contributed by atoms with Gasteiger partial charge in [0.2, 0.25) is 0 Å². The van der Waals surface area contributed by atoms with Gasteiger partial charge in [-0.15, -0.1) is 0 Å². The number of methoxy groups -OCH3 is 1. The van der Waals surface area contributed by atoms with Gasteiger partial charge >= 0.3 is 0 Å². The number of allylic oxidation sites excluding steroid dienone is 1. The zero-order valence-electron chi connectivity index (χ0n) is 23.9. The number of carbonyl (C=O) groups is 1. The molecule has 1 aliphatic heterocycles. The molecule has 1 amide bonds. The zero-order chi connectivity index (χ0) is 30.1. The number of ether oxygens (including phenoxy) is 1. The van der Waals surface area contributed by atoms with Crippen molar-refractivity contribution in [1.82, 2.24) is 9.47 Å². The first-order chi connectivity index (χ1) is 20.2. The smallest absolute Gasteiger partial charge is 0.271 e. The molecule has 0 N–H and O–H groups in total. The fourth-order valence-electron chi connectivity index (χ4n) is 5.21. The van der Waals surface area contributed by atoms with E-state index < -0.39 is 11.0 Å². The minimum absolute atomic E-state index is 0.00267. The second kappa shape index (κ2) is 11.6. The van der Waals surface area contributed by atoms with Gasteiger partial charge < -0.3 is 14.1 Å². The predicted octanol–water partition coefficient (Wildman–Crippen LogP) is 4.59. The number of amides is 1. The third kappa shape index (κ3) is 5.07. The molecular weight excluding hydrogens is 556 g/mol. The van der Waals surface area contributed by atoms with Crippen molar-refractivity contribution in [3.63, 3.8) is 0 Å². The highest BCUT2D eigenvalue weighted by Gasteiger charge is 2.35. The summed E-state index contributed by atoms with van der Waals surface area (Å²) in [5.41, 5.74) is 2.77. The summed E-state index contributed by atoms with van der Waals surface area (Å²) in [5, 5.41) is 11.1. The Morgan fingerprint density at radius 1 is 1.17 bits per heavy atom. The molecule has 0 saturated heterocycles. The molecule has 216 valence electrons. The number of para-hydroxylation sites is 1. The summed E-state index contributed by atoms with van der Waals surface area (Å²) < 4.78 is 13.6. The van der Waals surface area contributed by atoms with E-state index in [0.717, 1.165) is 0 Å². The van der Waals surface area contributed by atoms with Crippen LogP contribution in [-0.4, -0.2) is 40.5 Å². The number of hydrogen-bond donors (Lipinski definition) is 0. The lowest BCUT2D eigenvalue weighted by molar-refractivity contribution is -0.384. The number of aryl methyl sites for hydroxylation is 1. The summed E-state index contributed by atoms with van der Waals surface area (Å²) in [6.45, 7) is 8.44. The normalized spacial score (nSPS) is 14.9. The van der Waals surface area contributed by atoms with Crippen LogP contribution in [0.25, 0.3) is 17.4 Å². The van der Waals surface area contributed by atoms with Crippen LogP contribution in [0.5, 0.6) is 5.75 Å². The summed E-state index contributed by atoms with van der Waals surface area (Å²) in [6.07, 6.45) is 1.65. The molecule has 0 bridgehead atoms. The average molecular weight is 587 g/mol. The SMILES string of the molecule is CCN(CC)C(=O)C1=C(C)N=c2s/c(=C/c3ccc(-c4ccc([N+](=O)[O-])cc4C)o3)c(=O)n2[C@H]1c1ccccc1OC. The molecule has 5 rings (SSSR count). The number of nitrogens with zero attached hydrogens (tertiary/aromatic N) is 4. The van der Waals surface area contributed by atoms with E-state index in [0.29, 0.717) is 67.7 Å². The van der Waals surface area contributed by atoms with Crippen molar-refractivity contribution >= 4 is 29.0 Å². The molecular formula is C31H30N4O6S. The van der Waals surface area contributed by atoms with Crippen LogP contribution in [0, 0.1) is 17.0 Å². The Labute approximate surface area is 245 Å². The average Bonchev–Trinajstić information content (AvgIpc) is 3.56. The summed E-state index contributed by atoms with van der Waals surface area (Å²) in [6, 6.07) is 14.7.